The van der Waals surface area contributed by atoms with Gasteiger partial charge in [0, 0.05) is 14.6 Å². The predicted octanol–water partition coefficient (Wildman–Crippen LogP) is 4.23. The Morgan fingerprint density at radius 2 is 2.12 bits per heavy atom. The molecule has 1 unspecified atom stereocenters. The molecule has 0 bridgehead atoms. The van der Waals surface area contributed by atoms with Crippen molar-refractivity contribution < 1.29 is 0 Å². The number of hydrogen-bond acceptors (Lipinski definition) is 3. The summed E-state index contributed by atoms with van der Waals surface area (Å²) < 4.78 is 1.24. The highest BCUT2D eigenvalue weighted by Crippen LogP contribution is 2.24. The van der Waals surface area contributed by atoms with Gasteiger partial charge in [-0.1, -0.05) is 12.1 Å². The lowest BCUT2D eigenvalue weighted by Gasteiger charge is -2.14. The Bertz CT molecular complexity index is 481. The summed E-state index contributed by atoms with van der Waals surface area (Å²) in [4.78, 5) is 4.49. The third-order valence-electron chi connectivity index (χ3n) is 2.33. The molecule has 1 heterocycles. The van der Waals surface area contributed by atoms with Crippen LogP contribution in [0.3, 0.4) is 0 Å². The van der Waals surface area contributed by atoms with Crippen LogP contribution in [0, 0.1) is 10.5 Å². The first-order chi connectivity index (χ1) is 7.66. The minimum absolute atomic E-state index is 0.251. The lowest BCUT2D eigenvalue weighted by atomic mass is 10.2. The number of aryl methyl sites for hydroxylation is 1. The average Bonchev–Trinajstić information content (AvgIpc) is 2.68. The van der Waals surface area contributed by atoms with E-state index in [-0.39, 0.29) is 6.04 Å². The van der Waals surface area contributed by atoms with Crippen LogP contribution in [-0.4, -0.2) is 4.98 Å². The van der Waals surface area contributed by atoms with Crippen LogP contribution >= 0.6 is 33.9 Å². The van der Waals surface area contributed by atoms with E-state index in [0.29, 0.717) is 0 Å². The Kier molecular flexibility index (Phi) is 3.81. The molecule has 0 spiro atoms. The van der Waals surface area contributed by atoms with Gasteiger partial charge in [0.25, 0.3) is 0 Å². The molecule has 0 radical (unpaired) electrons. The summed E-state index contributed by atoms with van der Waals surface area (Å²) in [6.45, 7) is 4.17. The molecule has 4 heteroatoms. The smallest absolute Gasteiger partial charge is 0.0898 e. The number of nitrogens with one attached hydrogen (secondary N) is 1. The molecule has 0 fully saturated rings. The summed E-state index contributed by atoms with van der Waals surface area (Å²) in [5, 5.41) is 6.71. The van der Waals surface area contributed by atoms with Gasteiger partial charge in [0.2, 0.25) is 0 Å². The van der Waals surface area contributed by atoms with Gasteiger partial charge in [-0.05, 0) is 48.6 Å². The molecule has 1 atom stereocenters. The van der Waals surface area contributed by atoms with Crippen molar-refractivity contribution in [1.29, 1.82) is 0 Å². The largest absolute Gasteiger partial charge is 0.376 e. The number of benzene rings is 1. The number of aromatic nitrogens is 1. The quantitative estimate of drug-likeness (QED) is 0.843. The van der Waals surface area contributed by atoms with Gasteiger partial charge in [0.05, 0.1) is 16.7 Å². The van der Waals surface area contributed by atoms with Crippen molar-refractivity contribution in [2.45, 2.75) is 19.9 Å². The van der Waals surface area contributed by atoms with Crippen LogP contribution in [-0.2, 0) is 0 Å². The van der Waals surface area contributed by atoms with Gasteiger partial charge in [-0.3, -0.25) is 0 Å². The zero-order chi connectivity index (χ0) is 11.5. The first kappa shape index (κ1) is 11.9. The van der Waals surface area contributed by atoms with E-state index in [1.807, 2.05) is 19.1 Å². The van der Waals surface area contributed by atoms with E-state index >= 15 is 0 Å². The second kappa shape index (κ2) is 5.14. The molecule has 1 aromatic carbocycles. The number of para-hydroxylation sites is 1. The highest BCUT2D eigenvalue weighted by atomic mass is 127. The summed E-state index contributed by atoms with van der Waals surface area (Å²) >= 11 is 4.03. The summed E-state index contributed by atoms with van der Waals surface area (Å²) in [5.74, 6) is 0. The van der Waals surface area contributed by atoms with Crippen LogP contribution in [0.4, 0.5) is 5.69 Å². The van der Waals surface area contributed by atoms with Crippen LogP contribution < -0.4 is 5.32 Å². The second-order valence-corrected chi connectivity index (χ2v) is 5.86. The van der Waals surface area contributed by atoms with E-state index in [4.69, 9.17) is 0 Å². The van der Waals surface area contributed by atoms with Gasteiger partial charge < -0.3 is 5.32 Å². The van der Waals surface area contributed by atoms with Crippen LogP contribution in [0.5, 0.6) is 0 Å². The average molecular weight is 344 g/mol. The topological polar surface area (TPSA) is 24.9 Å². The molecular weight excluding hydrogens is 331 g/mol. The zero-order valence-electron chi connectivity index (χ0n) is 9.20. The molecule has 1 N–H and O–H groups in total. The number of nitrogens with zero attached hydrogens (tertiary/aromatic N) is 1. The van der Waals surface area contributed by atoms with E-state index in [9.17, 15) is 0 Å². The van der Waals surface area contributed by atoms with Gasteiger partial charge in [0.1, 0.15) is 0 Å². The molecule has 84 valence electrons. The van der Waals surface area contributed by atoms with E-state index in [0.717, 1.165) is 10.7 Å². The van der Waals surface area contributed by atoms with Crippen molar-refractivity contribution in [1.82, 2.24) is 4.98 Å². The van der Waals surface area contributed by atoms with Crippen molar-refractivity contribution in [2.75, 3.05) is 5.32 Å². The molecule has 16 heavy (non-hydrogen) atoms. The second-order valence-electron chi connectivity index (χ2n) is 3.64. The summed E-state index contributed by atoms with van der Waals surface area (Å²) in [5.41, 5.74) is 2.28. The van der Waals surface area contributed by atoms with Gasteiger partial charge in [-0.2, -0.15) is 0 Å². The van der Waals surface area contributed by atoms with Crippen molar-refractivity contribution in [3.05, 3.63) is 43.9 Å². The van der Waals surface area contributed by atoms with Gasteiger partial charge in [-0.25, -0.2) is 4.98 Å². The van der Waals surface area contributed by atoms with Gasteiger partial charge in [0.15, 0.2) is 0 Å². The van der Waals surface area contributed by atoms with Crippen molar-refractivity contribution in [2.24, 2.45) is 0 Å². The first-order valence-electron chi connectivity index (χ1n) is 5.10. The van der Waals surface area contributed by atoms with Crippen LogP contribution in [0.1, 0.15) is 23.7 Å². The molecule has 0 aliphatic rings. The molecule has 0 aliphatic heterocycles. The standard InChI is InChI=1S/C12H13IN2S/c1-8(12-7-16-9(2)15-12)14-11-6-4-3-5-10(11)13/h3-8,14H,1-2H3. The summed E-state index contributed by atoms with van der Waals surface area (Å²) in [6, 6.07) is 8.54. The maximum absolute atomic E-state index is 4.49. The molecule has 2 nitrogen and oxygen atoms in total. The number of anilines is 1. The van der Waals surface area contributed by atoms with E-state index in [2.05, 4.69) is 57.3 Å². The number of rotatable bonds is 3. The highest BCUT2D eigenvalue weighted by molar-refractivity contribution is 14.1. The van der Waals surface area contributed by atoms with Gasteiger partial charge in [-0.15, -0.1) is 11.3 Å². The SMILES string of the molecule is Cc1nc(C(C)Nc2ccccc2I)cs1. The fraction of sp³-hybridized carbons (Fsp3) is 0.250. The lowest BCUT2D eigenvalue weighted by Crippen LogP contribution is -2.07. The Morgan fingerprint density at radius 1 is 1.38 bits per heavy atom. The third kappa shape index (κ3) is 2.74. The van der Waals surface area contributed by atoms with Crippen LogP contribution in [0.25, 0.3) is 0 Å². The highest BCUT2D eigenvalue weighted by Gasteiger charge is 2.09. The Morgan fingerprint density at radius 3 is 2.75 bits per heavy atom. The predicted molar refractivity (Wildman–Crippen MR) is 78.0 cm³/mol. The molecular formula is C12H13IN2S. The molecule has 1 aromatic heterocycles. The molecule has 0 aliphatic carbocycles. The van der Waals surface area contributed by atoms with Gasteiger partial charge >= 0.3 is 0 Å². The normalized spacial score (nSPS) is 12.4. The Labute approximate surface area is 113 Å². The zero-order valence-corrected chi connectivity index (χ0v) is 12.2. The Balaban J connectivity index is 2.13. The van der Waals surface area contributed by atoms with E-state index in [1.165, 1.54) is 9.26 Å². The maximum Gasteiger partial charge on any atom is 0.0898 e. The lowest BCUT2D eigenvalue weighted by molar-refractivity contribution is 0.844. The first-order valence-corrected chi connectivity index (χ1v) is 7.06. The van der Waals surface area contributed by atoms with Crippen molar-refractivity contribution >= 4 is 39.6 Å². The van der Waals surface area contributed by atoms with E-state index in [1.54, 1.807) is 11.3 Å². The minimum atomic E-state index is 0.251. The monoisotopic (exact) mass is 344 g/mol. The summed E-state index contributed by atoms with van der Waals surface area (Å²) in [6.07, 6.45) is 0. The van der Waals surface area contributed by atoms with E-state index < -0.39 is 0 Å². The van der Waals surface area contributed by atoms with Crippen molar-refractivity contribution in [3.63, 3.8) is 0 Å². The van der Waals surface area contributed by atoms with Crippen molar-refractivity contribution in [3.8, 4) is 0 Å². The maximum atomic E-state index is 4.49. The molecule has 2 aromatic rings. The fourth-order valence-electron chi connectivity index (χ4n) is 1.46. The Hall–Kier alpha value is -0.620. The number of halogens is 1. The number of thiazole rings is 1. The minimum Gasteiger partial charge on any atom is -0.376 e. The molecule has 2 rings (SSSR count). The summed E-state index contributed by atoms with van der Waals surface area (Å²) in [7, 11) is 0. The number of hydrogen-bond donors (Lipinski definition) is 1. The van der Waals surface area contributed by atoms with Crippen LogP contribution in [0.2, 0.25) is 0 Å². The molecule has 0 saturated heterocycles. The molecule has 0 saturated carbocycles. The molecule has 0 amide bonds. The third-order valence-corrected chi connectivity index (χ3v) is 4.06. The fourth-order valence-corrected chi connectivity index (χ4v) is 2.71. The van der Waals surface area contributed by atoms with Crippen LogP contribution in [0.15, 0.2) is 29.6 Å².